The molecule has 0 saturated heterocycles. The fourth-order valence-corrected chi connectivity index (χ4v) is 2.39. The van der Waals surface area contributed by atoms with Gasteiger partial charge in [-0.15, -0.1) is 0 Å². The Hall–Kier alpha value is -2.00. The van der Waals surface area contributed by atoms with Crippen molar-refractivity contribution in [2.75, 3.05) is 6.26 Å². The summed E-state index contributed by atoms with van der Waals surface area (Å²) < 4.78 is 39.2. The molecule has 1 aromatic heterocycles. The highest BCUT2D eigenvalue weighted by Gasteiger charge is 2.37. The molecule has 1 heterocycles. The predicted molar refractivity (Wildman–Crippen MR) is 69.9 cm³/mol. The molecular weight excluding hydrogens is 285 g/mol. The summed E-state index contributed by atoms with van der Waals surface area (Å²) in [7, 11) is 0. The highest BCUT2D eigenvalue weighted by molar-refractivity contribution is 7.98. The maximum atomic E-state index is 13.1. The summed E-state index contributed by atoms with van der Waals surface area (Å²) in [5.41, 5.74) is -0.314. The predicted octanol–water partition coefficient (Wildman–Crippen LogP) is 3.78. The maximum Gasteiger partial charge on any atom is 0.418 e. The van der Waals surface area contributed by atoms with Crippen molar-refractivity contribution in [3.63, 3.8) is 0 Å². The lowest BCUT2D eigenvalue weighted by Gasteiger charge is -2.09. The van der Waals surface area contributed by atoms with Crippen LogP contribution in [0.15, 0.2) is 41.4 Å². The van der Waals surface area contributed by atoms with Crippen LogP contribution in [0.2, 0.25) is 0 Å². The van der Waals surface area contributed by atoms with E-state index in [4.69, 9.17) is 5.26 Å². The van der Waals surface area contributed by atoms with Crippen LogP contribution in [-0.4, -0.2) is 6.26 Å². The number of aromatic nitrogens is 1. The Kier molecular flexibility index (Phi) is 4.00. The first-order chi connectivity index (χ1) is 9.47. The zero-order chi connectivity index (χ0) is 14.8. The van der Waals surface area contributed by atoms with Gasteiger partial charge in [0.15, 0.2) is 0 Å². The summed E-state index contributed by atoms with van der Waals surface area (Å²) in [4.78, 5) is 2.88. The molecule has 6 heteroatoms. The van der Waals surface area contributed by atoms with Gasteiger partial charge in [0.2, 0.25) is 5.69 Å². The molecule has 0 amide bonds. The Morgan fingerprint density at radius 2 is 1.85 bits per heavy atom. The number of hydrogen-bond acceptors (Lipinski definition) is 2. The third-order valence-electron chi connectivity index (χ3n) is 2.74. The minimum Gasteiger partial charge on any atom is -0.198 e. The summed E-state index contributed by atoms with van der Waals surface area (Å²) in [6, 6.07) is 11.3. The first-order valence-electron chi connectivity index (χ1n) is 5.64. The number of hydrogen-bond donors (Lipinski definition) is 0. The monoisotopic (exact) mass is 295 g/mol. The van der Waals surface area contributed by atoms with Crippen molar-refractivity contribution >= 4 is 11.8 Å². The van der Waals surface area contributed by atoms with E-state index in [1.54, 1.807) is 42.7 Å². The molecule has 0 spiro atoms. The highest BCUT2D eigenvalue weighted by atomic mass is 32.2. The average Bonchev–Trinajstić information content (AvgIpc) is 2.45. The molecule has 20 heavy (non-hydrogen) atoms. The van der Waals surface area contributed by atoms with Crippen molar-refractivity contribution in [3.8, 4) is 17.3 Å². The quantitative estimate of drug-likeness (QED) is 0.791. The number of nitrogens with one attached hydrogen (secondary N) is 1. The number of nitriles is 1. The Labute approximate surface area is 118 Å². The summed E-state index contributed by atoms with van der Waals surface area (Å²) in [5, 5.41) is 9.18. The Morgan fingerprint density at radius 1 is 1.20 bits per heavy atom. The molecule has 0 saturated carbocycles. The Balaban J connectivity index is 2.72. The van der Waals surface area contributed by atoms with Crippen LogP contribution in [0.3, 0.4) is 0 Å². The number of rotatable bonds is 2. The van der Waals surface area contributed by atoms with E-state index in [-0.39, 0.29) is 10.6 Å². The SMILES string of the molecule is CSc1[nH+]c(-c2ccccc2)cc(C(F)(F)F)c1C#N. The van der Waals surface area contributed by atoms with E-state index in [2.05, 4.69) is 4.98 Å². The van der Waals surface area contributed by atoms with Gasteiger partial charge < -0.3 is 0 Å². The van der Waals surface area contributed by atoms with Gasteiger partial charge in [-0.2, -0.15) is 23.4 Å². The average molecular weight is 295 g/mol. The van der Waals surface area contributed by atoms with Crippen molar-refractivity contribution in [3.05, 3.63) is 47.5 Å². The van der Waals surface area contributed by atoms with E-state index in [0.29, 0.717) is 11.3 Å². The van der Waals surface area contributed by atoms with Gasteiger partial charge in [0.1, 0.15) is 11.6 Å². The van der Waals surface area contributed by atoms with Gasteiger partial charge >= 0.3 is 6.18 Å². The van der Waals surface area contributed by atoms with Gasteiger partial charge in [-0.05, 0) is 18.4 Å². The van der Waals surface area contributed by atoms with Crippen LogP contribution in [0.4, 0.5) is 13.2 Å². The van der Waals surface area contributed by atoms with Gasteiger partial charge in [-0.1, -0.05) is 30.0 Å². The second kappa shape index (κ2) is 5.55. The van der Waals surface area contributed by atoms with Crippen LogP contribution in [0.5, 0.6) is 0 Å². The van der Waals surface area contributed by atoms with Gasteiger partial charge in [-0.3, -0.25) is 0 Å². The van der Waals surface area contributed by atoms with Crippen LogP contribution >= 0.6 is 11.8 Å². The standard InChI is InChI=1S/C14H9F3N2S/c1-20-13-10(8-18)11(14(15,16)17)7-12(19-13)9-5-3-2-4-6-9/h2-7H,1H3/p+1. The van der Waals surface area contributed by atoms with E-state index >= 15 is 0 Å². The molecule has 1 aromatic carbocycles. The molecule has 0 atom stereocenters. The fraction of sp³-hybridized carbons (Fsp3) is 0.143. The van der Waals surface area contributed by atoms with Crippen LogP contribution in [-0.2, 0) is 6.18 Å². The van der Waals surface area contributed by atoms with Gasteiger partial charge in [-0.25, -0.2) is 0 Å². The number of pyridine rings is 1. The molecule has 0 bridgehead atoms. The normalized spacial score (nSPS) is 11.2. The number of alkyl halides is 3. The molecule has 0 unspecified atom stereocenters. The van der Waals surface area contributed by atoms with E-state index in [0.717, 1.165) is 17.8 Å². The van der Waals surface area contributed by atoms with Crippen LogP contribution in [0.25, 0.3) is 11.3 Å². The number of halogens is 3. The van der Waals surface area contributed by atoms with Gasteiger partial charge in [0, 0.05) is 11.6 Å². The fourth-order valence-electron chi connectivity index (χ4n) is 1.82. The molecule has 0 aliphatic rings. The molecular formula is C14H10F3N2S+. The van der Waals surface area contributed by atoms with Crippen molar-refractivity contribution in [1.29, 1.82) is 5.26 Å². The van der Waals surface area contributed by atoms with Gasteiger partial charge in [0.25, 0.3) is 5.03 Å². The third-order valence-corrected chi connectivity index (χ3v) is 3.45. The maximum absolute atomic E-state index is 13.1. The smallest absolute Gasteiger partial charge is 0.198 e. The van der Waals surface area contributed by atoms with Gasteiger partial charge in [0.05, 0.1) is 5.56 Å². The first-order valence-corrected chi connectivity index (χ1v) is 6.87. The second-order valence-corrected chi connectivity index (χ2v) is 4.80. The van der Waals surface area contributed by atoms with Crippen molar-refractivity contribution in [2.45, 2.75) is 11.2 Å². The number of thioether (sulfide) groups is 1. The number of nitrogens with zero attached hydrogens (tertiary/aromatic N) is 1. The lowest BCUT2D eigenvalue weighted by atomic mass is 10.1. The van der Waals surface area contributed by atoms with Crippen LogP contribution in [0.1, 0.15) is 11.1 Å². The van der Waals surface area contributed by atoms with Crippen LogP contribution < -0.4 is 4.98 Å². The largest absolute Gasteiger partial charge is 0.418 e. The zero-order valence-electron chi connectivity index (χ0n) is 10.5. The van der Waals surface area contributed by atoms with E-state index in [1.807, 2.05) is 0 Å². The lowest BCUT2D eigenvalue weighted by Crippen LogP contribution is -2.18. The molecule has 0 aliphatic heterocycles. The first kappa shape index (κ1) is 14.4. The summed E-state index contributed by atoms with van der Waals surface area (Å²) in [6.45, 7) is 0. The van der Waals surface area contributed by atoms with E-state index in [1.165, 1.54) is 0 Å². The number of H-pyrrole nitrogens is 1. The van der Waals surface area contributed by atoms with Crippen molar-refractivity contribution in [2.24, 2.45) is 0 Å². The topological polar surface area (TPSA) is 37.9 Å². The third kappa shape index (κ3) is 2.78. The molecule has 0 fully saturated rings. The van der Waals surface area contributed by atoms with Crippen molar-refractivity contribution < 1.29 is 18.2 Å². The highest BCUT2D eigenvalue weighted by Crippen LogP contribution is 2.35. The molecule has 2 aromatic rings. The molecule has 0 radical (unpaired) electrons. The number of aromatic amines is 1. The van der Waals surface area contributed by atoms with Crippen molar-refractivity contribution in [1.82, 2.24) is 0 Å². The molecule has 0 aliphatic carbocycles. The second-order valence-electron chi connectivity index (χ2n) is 3.98. The molecule has 1 N–H and O–H groups in total. The molecule has 2 rings (SSSR count). The zero-order valence-corrected chi connectivity index (χ0v) is 11.3. The minimum absolute atomic E-state index is 0.209. The lowest BCUT2D eigenvalue weighted by molar-refractivity contribution is -0.414. The molecule has 2 nitrogen and oxygen atoms in total. The van der Waals surface area contributed by atoms with E-state index in [9.17, 15) is 13.2 Å². The minimum atomic E-state index is -4.56. The summed E-state index contributed by atoms with van der Waals surface area (Å²) >= 11 is 1.08. The van der Waals surface area contributed by atoms with E-state index < -0.39 is 11.7 Å². The van der Waals surface area contributed by atoms with Crippen LogP contribution in [0, 0.1) is 11.3 Å². The summed E-state index contributed by atoms with van der Waals surface area (Å²) in [5.74, 6) is 0. The Bertz CT molecular complexity index is 661. The Morgan fingerprint density at radius 3 is 2.35 bits per heavy atom. The molecule has 102 valence electrons. The summed E-state index contributed by atoms with van der Waals surface area (Å²) in [6.07, 6.45) is -2.93. The number of benzene rings is 1.